The lowest BCUT2D eigenvalue weighted by Crippen LogP contribution is -1.99. The van der Waals surface area contributed by atoms with Gasteiger partial charge in [-0.3, -0.25) is 0 Å². The Kier molecular flexibility index (Phi) is 2.25. The third-order valence-electron chi connectivity index (χ3n) is 2.89. The van der Waals surface area contributed by atoms with Gasteiger partial charge in [0.2, 0.25) is 0 Å². The lowest BCUT2D eigenvalue weighted by atomic mass is 10.0. The van der Waals surface area contributed by atoms with Crippen LogP contribution in [0.2, 0.25) is 0 Å². The second kappa shape index (κ2) is 3.61. The Hall–Kier alpha value is -0.870. The number of aromatic nitrogens is 2. The highest BCUT2D eigenvalue weighted by Gasteiger charge is 2.18. The molecule has 1 aliphatic rings. The summed E-state index contributed by atoms with van der Waals surface area (Å²) in [6, 6.07) is 4.27. The normalized spacial score (nSPS) is 21.3. The molecule has 0 amide bonds. The lowest BCUT2D eigenvalue weighted by Gasteiger charge is -2.07. The zero-order chi connectivity index (χ0) is 10.3. The standard InChI is InChI=1S/C11H11BrN2O/c12-10-5-13-14-6-8(1-2-11(10)14)9-3-4-15-7-9/h1-2,5-6,9H,3-4,7H2. The van der Waals surface area contributed by atoms with Crippen molar-refractivity contribution in [1.29, 1.82) is 0 Å². The van der Waals surface area contributed by atoms with Gasteiger partial charge in [0, 0.05) is 18.7 Å². The molecule has 0 spiro atoms. The van der Waals surface area contributed by atoms with Crippen LogP contribution in [0.15, 0.2) is 29.0 Å². The van der Waals surface area contributed by atoms with E-state index in [1.54, 1.807) is 0 Å². The molecule has 15 heavy (non-hydrogen) atoms. The van der Waals surface area contributed by atoms with E-state index < -0.39 is 0 Å². The van der Waals surface area contributed by atoms with E-state index in [9.17, 15) is 0 Å². The zero-order valence-electron chi connectivity index (χ0n) is 8.19. The van der Waals surface area contributed by atoms with Crippen LogP contribution in [-0.2, 0) is 4.74 Å². The molecule has 3 nitrogen and oxygen atoms in total. The molecule has 0 radical (unpaired) electrons. The number of pyridine rings is 1. The average Bonchev–Trinajstić information content (AvgIpc) is 2.88. The predicted molar refractivity (Wildman–Crippen MR) is 61.1 cm³/mol. The molecule has 3 rings (SSSR count). The van der Waals surface area contributed by atoms with Gasteiger partial charge in [-0.1, -0.05) is 6.07 Å². The van der Waals surface area contributed by atoms with Gasteiger partial charge in [-0.25, -0.2) is 4.52 Å². The van der Waals surface area contributed by atoms with Crippen molar-refractivity contribution in [3.05, 3.63) is 34.6 Å². The second-order valence-electron chi connectivity index (χ2n) is 3.85. The van der Waals surface area contributed by atoms with E-state index in [4.69, 9.17) is 4.74 Å². The van der Waals surface area contributed by atoms with Gasteiger partial charge in [0.1, 0.15) is 0 Å². The number of rotatable bonds is 1. The van der Waals surface area contributed by atoms with Gasteiger partial charge in [0.05, 0.1) is 22.8 Å². The minimum absolute atomic E-state index is 0.539. The van der Waals surface area contributed by atoms with Crippen LogP contribution in [0.3, 0.4) is 0 Å². The molecule has 0 bridgehead atoms. The van der Waals surface area contributed by atoms with Gasteiger partial charge in [0.15, 0.2) is 0 Å². The van der Waals surface area contributed by atoms with Gasteiger partial charge >= 0.3 is 0 Å². The average molecular weight is 267 g/mol. The van der Waals surface area contributed by atoms with E-state index in [2.05, 4.69) is 39.4 Å². The van der Waals surface area contributed by atoms with Crippen LogP contribution in [0, 0.1) is 0 Å². The molecule has 1 saturated heterocycles. The van der Waals surface area contributed by atoms with Crippen LogP contribution in [-0.4, -0.2) is 22.8 Å². The van der Waals surface area contributed by atoms with Gasteiger partial charge in [0.25, 0.3) is 0 Å². The van der Waals surface area contributed by atoms with Crippen LogP contribution in [0.4, 0.5) is 0 Å². The number of hydrogen-bond acceptors (Lipinski definition) is 2. The first-order valence-corrected chi connectivity index (χ1v) is 5.84. The van der Waals surface area contributed by atoms with Crippen molar-refractivity contribution in [1.82, 2.24) is 9.61 Å². The summed E-state index contributed by atoms with van der Waals surface area (Å²) in [5, 5.41) is 4.28. The van der Waals surface area contributed by atoms with E-state index in [1.807, 2.05) is 10.7 Å². The Morgan fingerprint density at radius 3 is 3.20 bits per heavy atom. The number of nitrogens with zero attached hydrogens (tertiary/aromatic N) is 2. The summed E-state index contributed by atoms with van der Waals surface area (Å²) in [5.41, 5.74) is 2.42. The molecule has 1 fully saturated rings. The van der Waals surface area contributed by atoms with E-state index in [-0.39, 0.29) is 0 Å². The topological polar surface area (TPSA) is 26.5 Å². The van der Waals surface area contributed by atoms with Gasteiger partial charge in [-0.05, 0) is 34.0 Å². The molecule has 78 valence electrons. The molecule has 3 heterocycles. The summed E-state index contributed by atoms with van der Waals surface area (Å²) >= 11 is 3.47. The third-order valence-corrected chi connectivity index (χ3v) is 3.50. The molecule has 1 unspecified atom stereocenters. The van der Waals surface area contributed by atoms with Crippen molar-refractivity contribution in [2.24, 2.45) is 0 Å². The van der Waals surface area contributed by atoms with Crippen molar-refractivity contribution >= 4 is 21.4 Å². The maximum absolute atomic E-state index is 5.39. The van der Waals surface area contributed by atoms with Crippen LogP contribution in [0.1, 0.15) is 17.9 Å². The van der Waals surface area contributed by atoms with Crippen LogP contribution in [0.25, 0.3) is 5.52 Å². The summed E-state index contributed by atoms with van der Waals surface area (Å²) in [4.78, 5) is 0. The van der Waals surface area contributed by atoms with Crippen molar-refractivity contribution < 1.29 is 4.74 Å². The zero-order valence-corrected chi connectivity index (χ0v) is 9.77. The monoisotopic (exact) mass is 266 g/mol. The van der Waals surface area contributed by atoms with Crippen molar-refractivity contribution in [2.75, 3.05) is 13.2 Å². The predicted octanol–water partition coefficient (Wildman–Crippen LogP) is 2.60. The maximum atomic E-state index is 5.39. The van der Waals surface area contributed by atoms with E-state index in [1.165, 1.54) is 5.56 Å². The highest BCUT2D eigenvalue weighted by Crippen LogP contribution is 2.26. The SMILES string of the molecule is Brc1cnn2cc(C3CCOC3)ccc12. The summed E-state index contributed by atoms with van der Waals surface area (Å²) in [7, 11) is 0. The number of fused-ring (bicyclic) bond motifs is 1. The first kappa shape index (κ1) is 9.36. The van der Waals surface area contributed by atoms with Gasteiger partial charge < -0.3 is 4.74 Å². The van der Waals surface area contributed by atoms with E-state index in [0.29, 0.717) is 5.92 Å². The third kappa shape index (κ3) is 1.58. The summed E-state index contributed by atoms with van der Waals surface area (Å²) in [5.74, 6) is 0.539. The Morgan fingerprint density at radius 1 is 1.47 bits per heavy atom. The molecular weight excluding hydrogens is 256 g/mol. The lowest BCUT2D eigenvalue weighted by molar-refractivity contribution is 0.194. The number of ether oxygens (including phenoxy) is 1. The minimum atomic E-state index is 0.539. The largest absolute Gasteiger partial charge is 0.381 e. The summed E-state index contributed by atoms with van der Waals surface area (Å²) < 4.78 is 8.34. The second-order valence-corrected chi connectivity index (χ2v) is 4.70. The number of halogens is 1. The fourth-order valence-electron chi connectivity index (χ4n) is 2.01. The van der Waals surface area contributed by atoms with Crippen LogP contribution >= 0.6 is 15.9 Å². The number of hydrogen-bond donors (Lipinski definition) is 0. The summed E-state index contributed by atoms with van der Waals surface area (Å²) in [6.45, 7) is 1.72. The fourth-order valence-corrected chi connectivity index (χ4v) is 2.41. The first-order chi connectivity index (χ1) is 7.34. The molecular formula is C11H11BrN2O. The molecule has 2 aromatic rings. The first-order valence-electron chi connectivity index (χ1n) is 5.05. The van der Waals surface area contributed by atoms with E-state index in [0.717, 1.165) is 29.6 Å². The van der Waals surface area contributed by atoms with Crippen LogP contribution in [0.5, 0.6) is 0 Å². The highest BCUT2D eigenvalue weighted by molar-refractivity contribution is 9.10. The molecule has 0 aliphatic carbocycles. The molecule has 4 heteroatoms. The van der Waals surface area contributed by atoms with Gasteiger partial charge in [-0.2, -0.15) is 5.10 Å². The maximum Gasteiger partial charge on any atom is 0.0804 e. The fraction of sp³-hybridized carbons (Fsp3) is 0.364. The van der Waals surface area contributed by atoms with Crippen LogP contribution < -0.4 is 0 Å². The molecule has 1 aliphatic heterocycles. The minimum Gasteiger partial charge on any atom is -0.381 e. The van der Waals surface area contributed by atoms with E-state index >= 15 is 0 Å². The summed E-state index contributed by atoms with van der Waals surface area (Å²) in [6.07, 6.45) is 5.04. The molecule has 1 atom stereocenters. The highest BCUT2D eigenvalue weighted by atomic mass is 79.9. The molecule has 0 aromatic carbocycles. The Balaban J connectivity index is 2.05. The van der Waals surface area contributed by atoms with Crippen molar-refractivity contribution in [3.8, 4) is 0 Å². The molecule has 2 aromatic heterocycles. The quantitative estimate of drug-likeness (QED) is 0.794. The van der Waals surface area contributed by atoms with Crippen molar-refractivity contribution in [2.45, 2.75) is 12.3 Å². The Morgan fingerprint density at radius 2 is 2.40 bits per heavy atom. The Labute approximate surface area is 96.2 Å². The molecule has 0 saturated carbocycles. The van der Waals surface area contributed by atoms with Gasteiger partial charge in [-0.15, -0.1) is 0 Å². The van der Waals surface area contributed by atoms with Crippen molar-refractivity contribution in [3.63, 3.8) is 0 Å². The Bertz CT molecular complexity index is 488. The smallest absolute Gasteiger partial charge is 0.0804 e. The molecule has 0 N–H and O–H groups in total.